The van der Waals surface area contributed by atoms with Crippen molar-refractivity contribution in [1.29, 1.82) is 0 Å². The van der Waals surface area contributed by atoms with Crippen LogP contribution in [-0.2, 0) is 6.54 Å². The lowest BCUT2D eigenvalue weighted by molar-refractivity contribution is 0.664. The molecule has 0 amide bonds. The molecule has 15 heavy (non-hydrogen) atoms. The van der Waals surface area contributed by atoms with Gasteiger partial charge in [-0.25, -0.2) is 4.68 Å². The molecule has 0 unspecified atom stereocenters. The fraction of sp³-hybridized carbons (Fsp3) is 0.111. The van der Waals surface area contributed by atoms with Crippen molar-refractivity contribution in [2.75, 3.05) is 0 Å². The molecule has 0 radical (unpaired) electrons. The van der Waals surface area contributed by atoms with E-state index in [1.165, 1.54) is 5.56 Å². The number of hydrogen-bond donors (Lipinski definition) is 0. The Kier molecular flexibility index (Phi) is 3.58. The highest BCUT2D eigenvalue weighted by Gasteiger charge is 2.05. The molecule has 2 aromatic rings. The van der Waals surface area contributed by atoms with Crippen LogP contribution in [0.4, 0.5) is 0 Å². The van der Waals surface area contributed by atoms with Crippen LogP contribution in [0.3, 0.4) is 0 Å². The van der Waals surface area contributed by atoms with Gasteiger partial charge in [-0.2, -0.15) is 4.98 Å². The van der Waals surface area contributed by atoms with E-state index in [1.807, 2.05) is 18.2 Å². The number of nitrogens with zero attached hydrogens (tertiary/aromatic N) is 3. The number of hydrogen-bond acceptors (Lipinski definition) is 2. The van der Waals surface area contributed by atoms with Gasteiger partial charge in [-0.15, -0.1) is 5.10 Å². The first kappa shape index (κ1) is 11.3. The predicted molar refractivity (Wildman–Crippen MR) is 68.7 cm³/mol. The van der Waals surface area contributed by atoms with E-state index in [0.29, 0.717) is 16.0 Å². The van der Waals surface area contributed by atoms with Crippen molar-refractivity contribution < 1.29 is 0 Å². The Hall–Kier alpha value is -0.200. The summed E-state index contributed by atoms with van der Waals surface area (Å²) in [5, 5.41) is 4.20. The zero-order valence-corrected chi connectivity index (χ0v) is 12.3. The lowest BCUT2D eigenvalue weighted by Crippen LogP contribution is -2.01. The van der Waals surface area contributed by atoms with Gasteiger partial charge in [0, 0.05) is 4.47 Å². The van der Waals surface area contributed by atoms with E-state index >= 15 is 0 Å². The van der Waals surface area contributed by atoms with Crippen LogP contribution in [0.1, 0.15) is 5.56 Å². The van der Waals surface area contributed by atoms with Crippen LogP contribution in [0, 0.1) is 0 Å². The Bertz CT molecular complexity index is 481. The smallest absolute Gasteiger partial charge is 0.218 e. The van der Waals surface area contributed by atoms with E-state index in [1.54, 1.807) is 4.68 Å². The van der Waals surface area contributed by atoms with E-state index in [4.69, 9.17) is 0 Å². The van der Waals surface area contributed by atoms with Crippen LogP contribution in [0.2, 0.25) is 0 Å². The molecule has 0 saturated heterocycles. The fourth-order valence-corrected chi connectivity index (χ4v) is 2.62. The Morgan fingerprint density at radius 2 is 2.00 bits per heavy atom. The van der Waals surface area contributed by atoms with E-state index in [0.717, 1.165) is 4.47 Å². The largest absolute Gasteiger partial charge is 0.235 e. The second kappa shape index (κ2) is 4.76. The molecule has 0 fully saturated rings. The summed E-state index contributed by atoms with van der Waals surface area (Å²) in [5.41, 5.74) is 1.17. The molecule has 0 N–H and O–H groups in total. The van der Waals surface area contributed by atoms with Crippen molar-refractivity contribution in [3.8, 4) is 0 Å². The van der Waals surface area contributed by atoms with Crippen LogP contribution in [0.5, 0.6) is 0 Å². The van der Waals surface area contributed by atoms with E-state index < -0.39 is 0 Å². The zero-order valence-electron chi connectivity index (χ0n) is 7.49. The second-order valence-electron chi connectivity index (χ2n) is 2.94. The van der Waals surface area contributed by atoms with Gasteiger partial charge >= 0.3 is 0 Å². The summed E-state index contributed by atoms with van der Waals surface area (Å²) < 4.78 is 4.15. The topological polar surface area (TPSA) is 30.7 Å². The van der Waals surface area contributed by atoms with E-state index in [2.05, 4.69) is 63.9 Å². The molecule has 0 aliphatic carbocycles. The average molecular weight is 396 g/mol. The highest BCUT2D eigenvalue weighted by atomic mass is 79.9. The lowest BCUT2D eigenvalue weighted by atomic mass is 10.2. The molecule has 3 nitrogen and oxygen atoms in total. The number of aromatic nitrogens is 3. The standard InChI is InChI=1S/C9H6Br3N3/c10-7-3-1-2-6(4-7)5-15-9(12)13-8(11)14-15/h1-4H,5H2. The van der Waals surface area contributed by atoms with Crippen LogP contribution in [0.25, 0.3) is 0 Å². The first-order valence-corrected chi connectivity index (χ1v) is 6.53. The van der Waals surface area contributed by atoms with Crippen LogP contribution in [-0.4, -0.2) is 14.8 Å². The summed E-state index contributed by atoms with van der Waals surface area (Å²) in [7, 11) is 0. The summed E-state index contributed by atoms with van der Waals surface area (Å²) in [6, 6.07) is 8.10. The molecule has 1 heterocycles. The third kappa shape index (κ3) is 2.89. The highest BCUT2D eigenvalue weighted by molar-refractivity contribution is 9.11. The Morgan fingerprint density at radius 1 is 1.20 bits per heavy atom. The van der Waals surface area contributed by atoms with Gasteiger partial charge < -0.3 is 0 Å². The third-order valence-corrected chi connectivity index (χ3v) is 3.24. The van der Waals surface area contributed by atoms with Gasteiger partial charge in [0.05, 0.1) is 6.54 Å². The predicted octanol–water partition coefficient (Wildman–Crippen LogP) is 3.61. The van der Waals surface area contributed by atoms with Crippen LogP contribution < -0.4 is 0 Å². The monoisotopic (exact) mass is 393 g/mol. The van der Waals surface area contributed by atoms with E-state index in [-0.39, 0.29) is 0 Å². The maximum Gasteiger partial charge on any atom is 0.218 e. The second-order valence-corrected chi connectivity index (χ2v) is 5.27. The van der Waals surface area contributed by atoms with Gasteiger partial charge in [0.25, 0.3) is 0 Å². The highest BCUT2D eigenvalue weighted by Crippen LogP contribution is 2.16. The normalized spacial score (nSPS) is 10.6. The molecule has 0 atom stereocenters. The Labute approximate surface area is 112 Å². The summed E-state index contributed by atoms with van der Waals surface area (Å²) >= 11 is 10.0. The van der Waals surface area contributed by atoms with Crippen molar-refractivity contribution >= 4 is 47.8 Å². The molecule has 1 aromatic carbocycles. The van der Waals surface area contributed by atoms with Crippen molar-refractivity contribution in [2.45, 2.75) is 6.54 Å². The van der Waals surface area contributed by atoms with E-state index in [9.17, 15) is 0 Å². The summed E-state index contributed by atoms with van der Waals surface area (Å²) in [4.78, 5) is 4.10. The number of halogens is 3. The van der Waals surface area contributed by atoms with Gasteiger partial charge in [-0.3, -0.25) is 0 Å². The maximum atomic E-state index is 4.20. The number of rotatable bonds is 2. The van der Waals surface area contributed by atoms with Crippen molar-refractivity contribution in [2.24, 2.45) is 0 Å². The molecule has 2 rings (SSSR count). The van der Waals surface area contributed by atoms with Gasteiger partial charge in [0.1, 0.15) is 0 Å². The first-order valence-electron chi connectivity index (χ1n) is 4.15. The molecule has 0 spiro atoms. The Morgan fingerprint density at radius 3 is 2.60 bits per heavy atom. The molecule has 0 aliphatic rings. The molecular weight excluding hydrogens is 390 g/mol. The molecule has 0 saturated carbocycles. The van der Waals surface area contributed by atoms with Gasteiger partial charge in [-0.05, 0) is 49.6 Å². The maximum absolute atomic E-state index is 4.20. The van der Waals surface area contributed by atoms with Crippen molar-refractivity contribution in [3.63, 3.8) is 0 Å². The minimum Gasteiger partial charge on any atom is -0.235 e. The minimum atomic E-state index is 0.587. The molecule has 1 aromatic heterocycles. The fourth-order valence-electron chi connectivity index (χ4n) is 1.21. The van der Waals surface area contributed by atoms with Gasteiger partial charge in [0.2, 0.25) is 4.73 Å². The Balaban J connectivity index is 2.25. The third-order valence-electron chi connectivity index (χ3n) is 1.82. The van der Waals surface area contributed by atoms with Gasteiger partial charge in [0.15, 0.2) is 4.73 Å². The molecule has 78 valence electrons. The summed E-state index contributed by atoms with van der Waals surface area (Å²) in [5.74, 6) is 0. The SMILES string of the molecule is Brc1cccc(Cn2nc(Br)nc2Br)c1. The minimum absolute atomic E-state index is 0.587. The molecule has 6 heteroatoms. The quantitative estimate of drug-likeness (QED) is 0.777. The summed E-state index contributed by atoms with van der Waals surface area (Å²) in [6.07, 6.45) is 0. The lowest BCUT2D eigenvalue weighted by Gasteiger charge is -2.02. The zero-order chi connectivity index (χ0) is 10.8. The van der Waals surface area contributed by atoms with Crippen molar-refractivity contribution in [1.82, 2.24) is 14.8 Å². The van der Waals surface area contributed by atoms with Crippen LogP contribution >= 0.6 is 47.8 Å². The number of benzene rings is 1. The summed E-state index contributed by atoms with van der Waals surface area (Å²) in [6.45, 7) is 0.693. The van der Waals surface area contributed by atoms with Crippen molar-refractivity contribution in [3.05, 3.63) is 43.8 Å². The molecule has 0 aliphatic heterocycles. The van der Waals surface area contributed by atoms with Crippen LogP contribution in [0.15, 0.2) is 38.2 Å². The average Bonchev–Trinajstić information content (AvgIpc) is 2.45. The molecule has 0 bridgehead atoms. The van der Waals surface area contributed by atoms with Gasteiger partial charge in [-0.1, -0.05) is 28.1 Å². The first-order chi connectivity index (χ1) is 7.15. The molecular formula is C9H6Br3N3.